The van der Waals surface area contributed by atoms with Gasteiger partial charge in [0.2, 0.25) is 0 Å². The minimum atomic E-state index is -0.675. The standard InChI is InChI=1S/C11H16O.C2H6/c1-4-11(3,12)10-8-6-5-7-9(10)2;1-2/h5-8,12H,4H2,1-3H3;1-2H3. The lowest BCUT2D eigenvalue weighted by atomic mass is 9.90. The van der Waals surface area contributed by atoms with Crippen LogP contribution in [0.5, 0.6) is 0 Å². The van der Waals surface area contributed by atoms with Crippen LogP contribution in [0.1, 0.15) is 45.2 Å². The van der Waals surface area contributed by atoms with Gasteiger partial charge in [-0.3, -0.25) is 0 Å². The van der Waals surface area contributed by atoms with Gasteiger partial charge in [-0.1, -0.05) is 45.0 Å². The molecule has 0 spiro atoms. The minimum absolute atomic E-state index is 0.675. The second-order valence-electron chi connectivity index (χ2n) is 3.44. The molecule has 1 nitrogen and oxygen atoms in total. The van der Waals surface area contributed by atoms with Gasteiger partial charge in [0.15, 0.2) is 0 Å². The third kappa shape index (κ3) is 3.15. The molecule has 1 aromatic rings. The number of hydrogen-bond donors (Lipinski definition) is 1. The maximum Gasteiger partial charge on any atom is 0.0868 e. The average molecular weight is 194 g/mol. The first-order chi connectivity index (χ1) is 6.58. The van der Waals surface area contributed by atoms with Gasteiger partial charge < -0.3 is 5.11 Å². The summed E-state index contributed by atoms with van der Waals surface area (Å²) in [6, 6.07) is 7.97. The first-order valence-electron chi connectivity index (χ1n) is 5.36. The molecular weight excluding hydrogens is 172 g/mol. The van der Waals surface area contributed by atoms with Gasteiger partial charge in [-0.05, 0) is 31.4 Å². The van der Waals surface area contributed by atoms with Crippen LogP contribution in [0.3, 0.4) is 0 Å². The molecule has 0 aliphatic rings. The zero-order chi connectivity index (χ0) is 11.2. The second kappa shape index (κ2) is 5.82. The minimum Gasteiger partial charge on any atom is -0.385 e. The molecule has 1 unspecified atom stereocenters. The van der Waals surface area contributed by atoms with Crippen molar-refractivity contribution in [3.63, 3.8) is 0 Å². The van der Waals surface area contributed by atoms with Crippen LogP contribution in [0, 0.1) is 6.92 Å². The molecule has 0 amide bonds. The first kappa shape index (κ1) is 13.2. The lowest BCUT2D eigenvalue weighted by molar-refractivity contribution is 0.0524. The molecule has 0 aliphatic heterocycles. The highest BCUT2D eigenvalue weighted by Gasteiger charge is 2.21. The quantitative estimate of drug-likeness (QED) is 0.762. The van der Waals surface area contributed by atoms with Crippen molar-refractivity contribution in [1.29, 1.82) is 0 Å². The summed E-state index contributed by atoms with van der Waals surface area (Å²) in [5.74, 6) is 0. The third-order valence-electron chi connectivity index (χ3n) is 2.41. The molecule has 14 heavy (non-hydrogen) atoms. The smallest absolute Gasteiger partial charge is 0.0868 e. The highest BCUT2D eigenvalue weighted by molar-refractivity contribution is 5.30. The molecule has 0 saturated heterocycles. The summed E-state index contributed by atoms with van der Waals surface area (Å²) in [5, 5.41) is 9.98. The van der Waals surface area contributed by atoms with Gasteiger partial charge in [-0.2, -0.15) is 0 Å². The van der Waals surface area contributed by atoms with Gasteiger partial charge in [-0.25, -0.2) is 0 Å². The number of aliphatic hydroxyl groups is 1. The fourth-order valence-electron chi connectivity index (χ4n) is 1.37. The third-order valence-corrected chi connectivity index (χ3v) is 2.41. The normalized spacial score (nSPS) is 13.9. The fraction of sp³-hybridized carbons (Fsp3) is 0.538. The van der Waals surface area contributed by atoms with Crippen molar-refractivity contribution in [3.05, 3.63) is 35.4 Å². The van der Waals surface area contributed by atoms with Gasteiger partial charge in [0, 0.05) is 0 Å². The molecule has 1 atom stereocenters. The van der Waals surface area contributed by atoms with Crippen LogP contribution < -0.4 is 0 Å². The van der Waals surface area contributed by atoms with Crippen molar-refractivity contribution in [2.45, 2.75) is 46.6 Å². The van der Waals surface area contributed by atoms with E-state index in [9.17, 15) is 5.11 Å². The van der Waals surface area contributed by atoms with E-state index in [0.717, 1.165) is 17.5 Å². The van der Waals surface area contributed by atoms with Crippen LogP contribution in [0.4, 0.5) is 0 Å². The predicted octanol–water partition coefficient (Wildman–Crippen LogP) is 3.64. The largest absolute Gasteiger partial charge is 0.385 e. The summed E-state index contributed by atoms with van der Waals surface area (Å²) in [4.78, 5) is 0. The summed E-state index contributed by atoms with van der Waals surface area (Å²) < 4.78 is 0. The molecule has 0 bridgehead atoms. The molecule has 0 fully saturated rings. The Hall–Kier alpha value is -0.820. The van der Waals surface area contributed by atoms with E-state index in [1.165, 1.54) is 0 Å². The summed E-state index contributed by atoms with van der Waals surface area (Å²) in [5.41, 5.74) is 1.52. The molecule has 80 valence electrons. The van der Waals surface area contributed by atoms with Crippen molar-refractivity contribution in [2.75, 3.05) is 0 Å². The van der Waals surface area contributed by atoms with Gasteiger partial charge in [0.1, 0.15) is 0 Å². The molecule has 1 heteroatoms. The Bertz CT molecular complexity index is 264. The Morgan fingerprint density at radius 1 is 1.21 bits per heavy atom. The lowest BCUT2D eigenvalue weighted by Gasteiger charge is -2.23. The number of hydrogen-bond acceptors (Lipinski definition) is 1. The van der Waals surface area contributed by atoms with Crippen molar-refractivity contribution >= 4 is 0 Å². The van der Waals surface area contributed by atoms with E-state index in [0.29, 0.717) is 0 Å². The summed E-state index contributed by atoms with van der Waals surface area (Å²) in [6.07, 6.45) is 0.748. The van der Waals surface area contributed by atoms with Crippen molar-refractivity contribution in [1.82, 2.24) is 0 Å². The van der Waals surface area contributed by atoms with Gasteiger partial charge in [-0.15, -0.1) is 0 Å². The van der Waals surface area contributed by atoms with Crippen LogP contribution in [0.2, 0.25) is 0 Å². The summed E-state index contributed by atoms with van der Waals surface area (Å²) >= 11 is 0. The second-order valence-corrected chi connectivity index (χ2v) is 3.44. The molecule has 1 aromatic carbocycles. The first-order valence-corrected chi connectivity index (χ1v) is 5.36. The highest BCUT2D eigenvalue weighted by Crippen LogP contribution is 2.26. The average Bonchev–Trinajstić information content (AvgIpc) is 2.21. The molecule has 1 rings (SSSR count). The van der Waals surface area contributed by atoms with Crippen LogP contribution in [-0.4, -0.2) is 5.11 Å². The molecule has 0 radical (unpaired) electrons. The predicted molar refractivity (Wildman–Crippen MR) is 62.4 cm³/mol. The Labute approximate surface area is 87.8 Å². The Balaban J connectivity index is 0.000000791. The van der Waals surface area contributed by atoms with Crippen LogP contribution in [-0.2, 0) is 5.60 Å². The Morgan fingerprint density at radius 3 is 2.14 bits per heavy atom. The fourth-order valence-corrected chi connectivity index (χ4v) is 1.37. The van der Waals surface area contributed by atoms with Crippen molar-refractivity contribution in [2.24, 2.45) is 0 Å². The van der Waals surface area contributed by atoms with Crippen molar-refractivity contribution in [3.8, 4) is 0 Å². The van der Waals surface area contributed by atoms with Gasteiger partial charge in [0.05, 0.1) is 5.60 Å². The van der Waals surface area contributed by atoms with E-state index >= 15 is 0 Å². The van der Waals surface area contributed by atoms with Crippen molar-refractivity contribution < 1.29 is 5.11 Å². The SMILES string of the molecule is CC.CCC(C)(O)c1ccccc1C. The van der Waals surface area contributed by atoms with Crippen LogP contribution in [0.25, 0.3) is 0 Å². The Morgan fingerprint density at radius 2 is 1.71 bits per heavy atom. The topological polar surface area (TPSA) is 20.2 Å². The zero-order valence-electron chi connectivity index (χ0n) is 9.96. The number of aryl methyl sites for hydroxylation is 1. The van der Waals surface area contributed by atoms with E-state index in [4.69, 9.17) is 0 Å². The monoisotopic (exact) mass is 194 g/mol. The van der Waals surface area contributed by atoms with E-state index < -0.39 is 5.60 Å². The van der Waals surface area contributed by atoms with E-state index in [1.807, 2.05) is 58.9 Å². The van der Waals surface area contributed by atoms with E-state index in [2.05, 4.69) is 0 Å². The van der Waals surface area contributed by atoms with Crippen LogP contribution in [0.15, 0.2) is 24.3 Å². The van der Waals surface area contributed by atoms with E-state index in [-0.39, 0.29) is 0 Å². The molecule has 0 aliphatic carbocycles. The molecule has 0 heterocycles. The number of benzene rings is 1. The van der Waals surface area contributed by atoms with Gasteiger partial charge >= 0.3 is 0 Å². The maximum atomic E-state index is 9.98. The molecule has 1 N–H and O–H groups in total. The Kier molecular flexibility index (Phi) is 5.47. The molecule has 0 aromatic heterocycles. The molecular formula is C13H22O. The van der Waals surface area contributed by atoms with E-state index in [1.54, 1.807) is 0 Å². The summed E-state index contributed by atoms with van der Waals surface area (Å²) in [6.45, 7) is 9.88. The van der Waals surface area contributed by atoms with Gasteiger partial charge in [0.25, 0.3) is 0 Å². The molecule has 0 saturated carbocycles. The lowest BCUT2D eigenvalue weighted by Crippen LogP contribution is -2.20. The summed E-state index contributed by atoms with van der Waals surface area (Å²) in [7, 11) is 0. The number of rotatable bonds is 2. The van der Waals surface area contributed by atoms with Crippen LogP contribution >= 0.6 is 0 Å². The maximum absolute atomic E-state index is 9.98. The highest BCUT2D eigenvalue weighted by atomic mass is 16.3. The zero-order valence-corrected chi connectivity index (χ0v) is 9.96.